The van der Waals surface area contributed by atoms with E-state index in [-0.39, 0.29) is 18.6 Å². The summed E-state index contributed by atoms with van der Waals surface area (Å²) >= 11 is 0. The molecule has 1 heterocycles. The molecule has 1 aliphatic rings. The molecule has 0 bridgehead atoms. The second-order valence-electron chi connectivity index (χ2n) is 6.27. The van der Waals surface area contributed by atoms with Crippen molar-refractivity contribution in [3.63, 3.8) is 0 Å². The summed E-state index contributed by atoms with van der Waals surface area (Å²) in [4.78, 5) is 34.1. The van der Waals surface area contributed by atoms with Crippen LogP contribution in [0.2, 0.25) is 0 Å². The molecule has 26 heavy (non-hydrogen) atoms. The second kappa shape index (κ2) is 8.35. The first kappa shape index (κ1) is 22.4. The van der Waals surface area contributed by atoms with Crippen LogP contribution in [0.25, 0.3) is 0 Å². The van der Waals surface area contributed by atoms with Gasteiger partial charge in [-0.3, -0.25) is 4.79 Å². The van der Waals surface area contributed by atoms with E-state index in [1.807, 2.05) is 0 Å². The minimum atomic E-state index is -2.95. The van der Waals surface area contributed by atoms with E-state index < -0.39 is 60.8 Å². The standard InChI is InChI=1S/C14H24N2O10/c1-6(18)2-3-9(21)16-14(15)8(20)4-13(25,12(23)24)26-11(14)10(22)7(19)5-17/h7-8,10-11,17,19-20,22,25H,2-5,15H2,1H3,(H,16,21)(H,23,24)/t7?,8-,10?,11-,13?,14-/m0/s1. The number of nitrogens with two attached hydrogens (primary N) is 1. The van der Waals surface area contributed by atoms with Gasteiger partial charge in [0.25, 0.3) is 5.79 Å². The lowest BCUT2D eigenvalue weighted by Gasteiger charge is -2.50. The Labute approximate surface area is 148 Å². The summed E-state index contributed by atoms with van der Waals surface area (Å²) in [6.45, 7) is 0.276. The summed E-state index contributed by atoms with van der Waals surface area (Å²) in [5.41, 5.74) is 3.61. The van der Waals surface area contributed by atoms with Crippen molar-refractivity contribution in [1.82, 2.24) is 5.32 Å². The second-order valence-corrected chi connectivity index (χ2v) is 6.27. The number of aliphatic carboxylic acids is 1. The zero-order valence-corrected chi connectivity index (χ0v) is 14.0. The van der Waals surface area contributed by atoms with Gasteiger partial charge in [-0.2, -0.15) is 0 Å². The number of nitrogens with one attached hydrogen (secondary N) is 1. The smallest absolute Gasteiger partial charge is 0.364 e. The van der Waals surface area contributed by atoms with Crippen LogP contribution in [0, 0.1) is 0 Å². The van der Waals surface area contributed by atoms with Crippen LogP contribution in [0.1, 0.15) is 26.2 Å². The number of carbonyl (C=O) groups is 3. The Balaban J connectivity index is 3.16. The van der Waals surface area contributed by atoms with Crippen molar-refractivity contribution >= 4 is 17.7 Å². The van der Waals surface area contributed by atoms with E-state index >= 15 is 0 Å². The summed E-state index contributed by atoms with van der Waals surface area (Å²) in [7, 11) is 0. The van der Waals surface area contributed by atoms with E-state index in [4.69, 9.17) is 20.7 Å². The van der Waals surface area contributed by atoms with Crippen LogP contribution in [-0.2, 0) is 19.1 Å². The molecular formula is C14H24N2O10. The van der Waals surface area contributed by atoms with Gasteiger partial charge < -0.3 is 51.2 Å². The highest BCUT2D eigenvalue weighted by Gasteiger charge is 2.60. The van der Waals surface area contributed by atoms with E-state index in [1.54, 1.807) is 0 Å². The van der Waals surface area contributed by atoms with Gasteiger partial charge in [-0.25, -0.2) is 4.79 Å². The van der Waals surface area contributed by atoms with Gasteiger partial charge in [0.05, 0.1) is 12.7 Å². The molecule has 0 saturated carbocycles. The molecule has 1 amide bonds. The first-order valence-electron chi connectivity index (χ1n) is 7.75. The van der Waals surface area contributed by atoms with Crippen LogP contribution in [0.4, 0.5) is 0 Å². The number of aliphatic hydroxyl groups excluding tert-OH is 4. The van der Waals surface area contributed by atoms with Crippen LogP contribution < -0.4 is 11.1 Å². The number of amides is 1. The minimum absolute atomic E-state index is 0.135. The maximum Gasteiger partial charge on any atom is 0.364 e. The van der Waals surface area contributed by atoms with E-state index in [9.17, 15) is 34.8 Å². The highest BCUT2D eigenvalue weighted by molar-refractivity contribution is 5.84. The quantitative estimate of drug-likeness (QED) is 0.188. The molecule has 0 radical (unpaired) electrons. The predicted molar refractivity (Wildman–Crippen MR) is 82.2 cm³/mol. The van der Waals surface area contributed by atoms with Crippen LogP contribution in [0.3, 0.4) is 0 Å². The summed E-state index contributed by atoms with van der Waals surface area (Å²) in [6, 6.07) is 0. The lowest BCUT2D eigenvalue weighted by Crippen LogP contribution is -2.79. The zero-order valence-electron chi connectivity index (χ0n) is 14.0. The molecule has 0 aromatic heterocycles. The number of carboxylic acids is 1. The molecule has 1 rings (SSSR count). The van der Waals surface area contributed by atoms with Crippen molar-refractivity contribution in [3.8, 4) is 0 Å². The van der Waals surface area contributed by atoms with E-state index in [1.165, 1.54) is 6.92 Å². The first-order valence-corrected chi connectivity index (χ1v) is 7.75. The van der Waals surface area contributed by atoms with Crippen molar-refractivity contribution in [3.05, 3.63) is 0 Å². The van der Waals surface area contributed by atoms with E-state index in [0.29, 0.717) is 0 Å². The minimum Gasteiger partial charge on any atom is -0.477 e. The zero-order chi connectivity index (χ0) is 20.3. The van der Waals surface area contributed by atoms with Gasteiger partial charge in [-0.15, -0.1) is 0 Å². The Morgan fingerprint density at radius 1 is 1.31 bits per heavy atom. The molecule has 150 valence electrons. The fourth-order valence-electron chi connectivity index (χ4n) is 2.52. The number of ketones is 1. The molecule has 12 heteroatoms. The largest absolute Gasteiger partial charge is 0.477 e. The van der Waals surface area contributed by atoms with Crippen LogP contribution >= 0.6 is 0 Å². The number of hydrogen-bond donors (Lipinski definition) is 8. The number of aliphatic hydroxyl groups is 5. The molecule has 3 unspecified atom stereocenters. The molecule has 0 aromatic carbocycles. The van der Waals surface area contributed by atoms with Crippen molar-refractivity contribution in [2.24, 2.45) is 5.73 Å². The molecule has 0 aromatic rings. The van der Waals surface area contributed by atoms with Gasteiger partial charge in [0.15, 0.2) is 0 Å². The Morgan fingerprint density at radius 2 is 1.88 bits per heavy atom. The number of rotatable bonds is 8. The number of ether oxygens (including phenoxy) is 1. The molecule has 1 fully saturated rings. The average molecular weight is 380 g/mol. The van der Waals surface area contributed by atoms with E-state index in [2.05, 4.69) is 5.32 Å². The van der Waals surface area contributed by atoms with Gasteiger partial charge in [-0.1, -0.05) is 0 Å². The number of carbonyl (C=O) groups excluding carboxylic acids is 2. The Kier molecular flexibility index (Phi) is 7.18. The first-order chi connectivity index (χ1) is 11.9. The highest BCUT2D eigenvalue weighted by Crippen LogP contribution is 2.34. The highest BCUT2D eigenvalue weighted by atomic mass is 16.7. The van der Waals surface area contributed by atoms with Crippen LogP contribution in [-0.4, -0.2) is 90.8 Å². The van der Waals surface area contributed by atoms with Gasteiger partial charge in [0.2, 0.25) is 5.91 Å². The maximum atomic E-state index is 12.0. The topological polar surface area (TPSA) is 220 Å². The monoisotopic (exact) mass is 380 g/mol. The van der Waals surface area contributed by atoms with Gasteiger partial charge in [0.1, 0.15) is 29.8 Å². The van der Waals surface area contributed by atoms with Crippen molar-refractivity contribution in [2.45, 2.75) is 62.1 Å². The summed E-state index contributed by atoms with van der Waals surface area (Å²) in [5, 5.41) is 60.1. The van der Waals surface area contributed by atoms with Gasteiger partial charge >= 0.3 is 5.97 Å². The molecular weight excluding hydrogens is 356 g/mol. The molecule has 9 N–H and O–H groups in total. The fourth-order valence-corrected chi connectivity index (χ4v) is 2.52. The Bertz CT molecular complexity index is 558. The van der Waals surface area contributed by atoms with Crippen molar-refractivity contribution in [2.75, 3.05) is 6.61 Å². The molecule has 1 aliphatic heterocycles. The summed E-state index contributed by atoms with van der Waals surface area (Å²) in [5.74, 6) is -5.95. The molecule has 0 spiro atoms. The van der Waals surface area contributed by atoms with Crippen molar-refractivity contribution in [1.29, 1.82) is 0 Å². The fraction of sp³-hybridized carbons (Fsp3) is 0.786. The van der Waals surface area contributed by atoms with E-state index in [0.717, 1.165) is 0 Å². The predicted octanol–water partition coefficient (Wildman–Crippen LogP) is -4.24. The van der Waals surface area contributed by atoms with Crippen molar-refractivity contribution < 1.29 is 49.8 Å². The third-order valence-corrected chi connectivity index (χ3v) is 4.10. The molecule has 6 atom stereocenters. The van der Waals surface area contributed by atoms with Crippen LogP contribution in [0.5, 0.6) is 0 Å². The third kappa shape index (κ3) is 4.73. The van der Waals surface area contributed by atoms with Gasteiger partial charge in [0, 0.05) is 19.3 Å². The van der Waals surface area contributed by atoms with Crippen LogP contribution in [0.15, 0.2) is 0 Å². The average Bonchev–Trinajstić information content (AvgIpc) is 2.55. The summed E-state index contributed by atoms with van der Waals surface area (Å²) < 4.78 is 4.90. The summed E-state index contributed by atoms with van der Waals surface area (Å²) in [6.07, 6.45) is -9.26. The number of hydrogen-bond acceptors (Lipinski definition) is 10. The number of carboxylic acid groups (broad SMARTS) is 1. The molecule has 1 saturated heterocycles. The maximum absolute atomic E-state index is 12.0. The number of Topliss-reactive ketones (excluding diaryl/α,β-unsaturated/α-hetero) is 1. The normalized spacial score (nSPS) is 34.0. The van der Waals surface area contributed by atoms with Gasteiger partial charge in [-0.05, 0) is 6.92 Å². The lowest BCUT2D eigenvalue weighted by molar-refractivity contribution is -0.311. The Hall–Kier alpha value is -1.67. The lowest BCUT2D eigenvalue weighted by atomic mass is 9.83. The third-order valence-electron chi connectivity index (χ3n) is 4.10. The molecule has 0 aliphatic carbocycles. The Morgan fingerprint density at radius 3 is 2.35 bits per heavy atom. The molecule has 12 nitrogen and oxygen atoms in total. The SMILES string of the molecule is CC(=O)CCC(=O)N[C@@]1(N)[C@@H](O)CC(O)(C(=O)O)O[C@H]1C(O)C(O)CO.